The summed E-state index contributed by atoms with van der Waals surface area (Å²) in [7, 11) is 0. The number of ether oxygens (including phenoxy) is 2. The van der Waals surface area contributed by atoms with Crippen LogP contribution in [0, 0.1) is 0 Å². The Morgan fingerprint density at radius 1 is 1.06 bits per heavy atom. The van der Waals surface area contributed by atoms with Crippen molar-refractivity contribution in [2.75, 3.05) is 5.73 Å². The minimum atomic E-state index is -1.31. The number of hydrogen-bond acceptors (Lipinski definition) is 6. The van der Waals surface area contributed by atoms with Crippen LogP contribution in [0.1, 0.15) is 6.92 Å². The summed E-state index contributed by atoms with van der Waals surface area (Å²) in [5, 5.41) is 28.9. The predicted molar refractivity (Wildman–Crippen MR) is 63.8 cm³/mol. The molecule has 0 radical (unpaired) electrons. The number of aliphatic hydroxyl groups excluding tert-OH is 3. The summed E-state index contributed by atoms with van der Waals surface area (Å²) in [5.74, 6) is 0.462. The zero-order chi connectivity index (χ0) is 13.3. The number of aliphatic hydroxyl groups is 3. The SMILES string of the molecule is CC1O[C@@H](Oc2ccc(N)cc2)[C@@H](O)C(O)[C@H]1O. The molecule has 6 heteroatoms. The van der Waals surface area contributed by atoms with Crippen molar-refractivity contribution in [1.82, 2.24) is 0 Å². The fraction of sp³-hybridized carbons (Fsp3) is 0.500. The number of nitrogen functional groups attached to an aromatic ring is 1. The van der Waals surface area contributed by atoms with Crippen LogP contribution in [0.2, 0.25) is 0 Å². The minimum absolute atomic E-state index is 0.462. The van der Waals surface area contributed by atoms with Gasteiger partial charge in [-0.15, -0.1) is 0 Å². The van der Waals surface area contributed by atoms with E-state index in [4.69, 9.17) is 15.2 Å². The Morgan fingerprint density at radius 3 is 2.28 bits per heavy atom. The standard InChI is InChI=1S/C12H17NO5/c1-6-9(14)10(15)11(16)12(17-6)18-8-4-2-7(13)3-5-8/h2-6,9-12,14-16H,13H2,1H3/t6?,9-,10?,11-,12-/m0/s1. The summed E-state index contributed by atoms with van der Waals surface area (Å²) in [6.45, 7) is 1.60. The second-order valence-electron chi connectivity index (χ2n) is 4.37. The van der Waals surface area contributed by atoms with Gasteiger partial charge in [-0.3, -0.25) is 0 Å². The van der Waals surface area contributed by atoms with Crippen LogP contribution in [-0.2, 0) is 4.74 Å². The van der Waals surface area contributed by atoms with Crippen molar-refractivity contribution in [3.05, 3.63) is 24.3 Å². The number of benzene rings is 1. The first-order valence-electron chi connectivity index (χ1n) is 5.71. The Morgan fingerprint density at radius 2 is 1.67 bits per heavy atom. The summed E-state index contributed by atoms with van der Waals surface area (Å²) >= 11 is 0. The van der Waals surface area contributed by atoms with Crippen LogP contribution in [0.4, 0.5) is 5.69 Å². The molecule has 1 saturated heterocycles. The molecule has 5 N–H and O–H groups in total. The summed E-state index contributed by atoms with van der Waals surface area (Å²) in [6, 6.07) is 6.57. The monoisotopic (exact) mass is 255 g/mol. The Labute approximate surface area is 105 Å². The second kappa shape index (κ2) is 5.11. The van der Waals surface area contributed by atoms with E-state index in [1.807, 2.05) is 0 Å². The molecular weight excluding hydrogens is 238 g/mol. The van der Waals surface area contributed by atoms with Crippen molar-refractivity contribution in [3.8, 4) is 5.75 Å². The predicted octanol–water partition coefficient (Wildman–Crippen LogP) is -0.525. The normalized spacial score (nSPS) is 36.3. The van der Waals surface area contributed by atoms with Gasteiger partial charge in [-0.05, 0) is 31.2 Å². The Bertz CT molecular complexity index is 396. The van der Waals surface area contributed by atoms with Crippen molar-refractivity contribution in [1.29, 1.82) is 0 Å². The van der Waals surface area contributed by atoms with Gasteiger partial charge in [-0.1, -0.05) is 0 Å². The van der Waals surface area contributed by atoms with E-state index < -0.39 is 30.7 Å². The van der Waals surface area contributed by atoms with Gasteiger partial charge in [0.25, 0.3) is 0 Å². The average molecular weight is 255 g/mol. The molecule has 1 aromatic rings. The van der Waals surface area contributed by atoms with Gasteiger partial charge in [0.2, 0.25) is 6.29 Å². The van der Waals surface area contributed by atoms with Gasteiger partial charge in [0.15, 0.2) is 0 Å². The molecule has 1 aromatic carbocycles. The van der Waals surface area contributed by atoms with E-state index in [1.165, 1.54) is 0 Å². The van der Waals surface area contributed by atoms with Crippen LogP contribution >= 0.6 is 0 Å². The quantitative estimate of drug-likeness (QED) is 0.530. The van der Waals surface area contributed by atoms with E-state index in [-0.39, 0.29) is 0 Å². The Hall–Kier alpha value is -1.34. The highest BCUT2D eigenvalue weighted by Crippen LogP contribution is 2.24. The molecule has 100 valence electrons. The highest BCUT2D eigenvalue weighted by Gasteiger charge is 2.43. The van der Waals surface area contributed by atoms with Gasteiger partial charge in [0.1, 0.15) is 24.1 Å². The van der Waals surface area contributed by atoms with Gasteiger partial charge in [0, 0.05) is 5.69 Å². The summed E-state index contributed by atoms with van der Waals surface area (Å²) in [4.78, 5) is 0. The summed E-state index contributed by atoms with van der Waals surface area (Å²) in [5.41, 5.74) is 6.13. The lowest BCUT2D eigenvalue weighted by Crippen LogP contribution is -2.58. The summed E-state index contributed by atoms with van der Waals surface area (Å²) < 4.78 is 10.7. The molecule has 5 atom stereocenters. The van der Waals surface area contributed by atoms with E-state index in [0.29, 0.717) is 11.4 Å². The Kier molecular flexibility index (Phi) is 3.72. The maximum atomic E-state index is 9.76. The van der Waals surface area contributed by atoms with E-state index in [0.717, 1.165) is 0 Å². The molecule has 0 saturated carbocycles. The van der Waals surface area contributed by atoms with E-state index in [9.17, 15) is 15.3 Å². The van der Waals surface area contributed by atoms with Crippen LogP contribution in [0.3, 0.4) is 0 Å². The molecule has 2 rings (SSSR count). The summed E-state index contributed by atoms with van der Waals surface area (Å²) in [6.07, 6.45) is -5.39. The van der Waals surface area contributed by atoms with E-state index in [2.05, 4.69) is 0 Å². The number of nitrogens with two attached hydrogens (primary N) is 1. The lowest BCUT2D eigenvalue weighted by molar-refractivity contribution is -0.268. The molecule has 0 aromatic heterocycles. The van der Waals surface area contributed by atoms with Crippen LogP contribution in [0.5, 0.6) is 5.75 Å². The van der Waals surface area contributed by atoms with Crippen molar-refractivity contribution < 1.29 is 24.8 Å². The third-order valence-electron chi connectivity index (χ3n) is 2.94. The van der Waals surface area contributed by atoms with Crippen LogP contribution in [0.25, 0.3) is 0 Å². The molecule has 0 aliphatic carbocycles. The fourth-order valence-corrected chi connectivity index (χ4v) is 1.79. The van der Waals surface area contributed by atoms with Crippen LogP contribution in [-0.4, -0.2) is 46.0 Å². The first-order chi connectivity index (χ1) is 8.49. The van der Waals surface area contributed by atoms with Crippen molar-refractivity contribution in [3.63, 3.8) is 0 Å². The van der Waals surface area contributed by atoms with Gasteiger partial charge < -0.3 is 30.5 Å². The zero-order valence-electron chi connectivity index (χ0n) is 9.93. The molecule has 1 aliphatic rings. The smallest absolute Gasteiger partial charge is 0.229 e. The van der Waals surface area contributed by atoms with Crippen molar-refractivity contribution >= 4 is 5.69 Å². The van der Waals surface area contributed by atoms with E-state index in [1.54, 1.807) is 31.2 Å². The maximum Gasteiger partial charge on any atom is 0.229 e. The largest absolute Gasteiger partial charge is 0.462 e. The number of hydrogen-bond donors (Lipinski definition) is 4. The Balaban J connectivity index is 2.06. The van der Waals surface area contributed by atoms with E-state index >= 15 is 0 Å². The molecule has 0 amide bonds. The lowest BCUT2D eigenvalue weighted by atomic mass is 10.00. The van der Waals surface area contributed by atoms with Gasteiger partial charge in [0.05, 0.1) is 6.10 Å². The van der Waals surface area contributed by atoms with Crippen LogP contribution < -0.4 is 10.5 Å². The molecule has 0 bridgehead atoms. The lowest BCUT2D eigenvalue weighted by Gasteiger charge is -2.38. The van der Waals surface area contributed by atoms with Crippen LogP contribution in [0.15, 0.2) is 24.3 Å². The molecule has 1 fully saturated rings. The number of anilines is 1. The third kappa shape index (κ3) is 2.56. The topological polar surface area (TPSA) is 105 Å². The van der Waals surface area contributed by atoms with Crippen molar-refractivity contribution in [2.24, 2.45) is 0 Å². The molecule has 1 heterocycles. The highest BCUT2D eigenvalue weighted by atomic mass is 16.7. The van der Waals surface area contributed by atoms with Gasteiger partial charge in [-0.2, -0.15) is 0 Å². The first-order valence-corrected chi connectivity index (χ1v) is 5.71. The van der Waals surface area contributed by atoms with Crippen molar-refractivity contribution in [2.45, 2.75) is 37.6 Å². The fourth-order valence-electron chi connectivity index (χ4n) is 1.79. The van der Waals surface area contributed by atoms with Gasteiger partial charge in [-0.25, -0.2) is 0 Å². The first kappa shape index (κ1) is 13.1. The average Bonchev–Trinajstić information content (AvgIpc) is 2.36. The third-order valence-corrected chi connectivity index (χ3v) is 2.94. The minimum Gasteiger partial charge on any atom is -0.462 e. The molecule has 2 unspecified atom stereocenters. The maximum absolute atomic E-state index is 9.76. The molecule has 1 aliphatic heterocycles. The molecule has 0 spiro atoms. The van der Waals surface area contributed by atoms with Gasteiger partial charge >= 0.3 is 0 Å². The molecule has 6 nitrogen and oxygen atoms in total. The zero-order valence-corrected chi connectivity index (χ0v) is 9.93. The second-order valence-corrected chi connectivity index (χ2v) is 4.37. The number of rotatable bonds is 2. The molecular formula is C12H17NO5. The highest BCUT2D eigenvalue weighted by molar-refractivity contribution is 5.41. The molecule has 18 heavy (non-hydrogen) atoms.